The Labute approximate surface area is 137 Å². The number of amides is 1. The molecule has 0 fully saturated rings. The summed E-state index contributed by atoms with van der Waals surface area (Å²) in [6.45, 7) is 10.2. The molecule has 0 aliphatic carbocycles. The van der Waals surface area contributed by atoms with Gasteiger partial charge in [-0.05, 0) is 45.4 Å². The van der Waals surface area contributed by atoms with E-state index in [1.54, 1.807) is 49.1 Å². The maximum Gasteiger partial charge on any atom is 0.338 e. The Balaban J connectivity index is 2.88. The van der Waals surface area contributed by atoms with Crippen molar-refractivity contribution in [1.29, 1.82) is 0 Å². The van der Waals surface area contributed by atoms with Crippen molar-refractivity contribution >= 4 is 17.6 Å². The summed E-state index contributed by atoms with van der Waals surface area (Å²) in [7, 11) is 0. The average Bonchev–Trinajstić information content (AvgIpc) is 2.56. The van der Waals surface area contributed by atoms with Gasteiger partial charge >= 0.3 is 5.97 Å². The highest BCUT2D eigenvalue weighted by molar-refractivity contribution is 5.98. The lowest BCUT2D eigenvalue weighted by molar-refractivity contribution is -0.128. The SMILES string of the molecule is C=CCCOC(C)C(=O)N(CC)c1cccc(C(=O)OCC)c1. The van der Waals surface area contributed by atoms with Crippen LogP contribution in [-0.4, -0.2) is 37.7 Å². The second kappa shape index (κ2) is 9.79. The van der Waals surface area contributed by atoms with E-state index in [9.17, 15) is 9.59 Å². The molecule has 0 bridgehead atoms. The highest BCUT2D eigenvalue weighted by atomic mass is 16.5. The van der Waals surface area contributed by atoms with E-state index in [2.05, 4.69) is 6.58 Å². The van der Waals surface area contributed by atoms with Crippen molar-refractivity contribution in [3.63, 3.8) is 0 Å². The first kappa shape index (κ1) is 18.9. The highest BCUT2D eigenvalue weighted by Gasteiger charge is 2.22. The van der Waals surface area contributed by atoms with E-state index in [-0.39, 0.29) is 5.91 Å². The van der Waals surface area contributed by atoms with Crippen LogP contribution >= 0.6 is 0 Å². The fourth-order valence-corrected chi connectivity index (χ4v) is 2.10. The van der Waals surface area contributed by atoms with Crippen LogP contribution in [0.1, 0.15) is 37.6 Å². The van der Waals surface area contributed by atoms with Gasteiger partial charge in [0, 0.05) is 12.2 Å². The van der Waals surface area contributed by atoms with Crippen LogP contribution in [0.2, 0.25) is 0 Å². The zero-order chi connectivity index (χ0) is 17.2. The van der Waals surface area contributed by atoms with Crippen LogP contribution < -0.4 is 4.90 Å². The van der Waals surface area contributed by atoms with Crippen LogP contribution in [-0.2, 0) is 14.3 Å². The Morgan fingerprint density at radius 2 is 2.09 bits per heavy atom. The first-order valence-corrected chi connectivity index (χ1v) is 7.86. The van der Waals surface area contributed by atoms with E-state index in [0.29, 0.717) is 37.4 Å². The molecule has 0 aliphatic heterocycles. The van der Waals surface area contributed by atoms with Gasteiger partial charge in [0.2, 0.25) is 0 Å². The Morgan fingerprint density at radius 3 is 2.70 bits per heavy atom. The number of hydrogen-bond acceptors (Lipinski definition) is 4. The Kier molecular flexibility index (Phi) is 8.05. The molecule has 0 saturated heterocycles. The fourth-order valence-electron chi connectivity index (χ4n) is 2.10. The van der Waals surface area contributed by atoms with Crippen LogP contribution in [0.5, 0.6) is 0 Å². The number of carbonyl (C=O) groups excluding carboxylic acids is 2. The molecule has 1 rings (SSSR count). The zero-order valence-corrected chi connectivity index (χ0v) is 14.1. The molecular weight excluding hydrogens is 294 g/mol. The molecule has 1 unspecified atom stereocenters. The van der Waals surface area contributed by atoms with Gasteiger partial charge in [-0.1, -0.05) is 12.1 Å². The molecule has 23 heavy (non-hydrogen) atoms. The molecular formula is C18H25NO4. The summed E-state index contributed by atoms with van der Waals surface area (Å²) in [6.07, 6.45) is 1.89. The minimum Gasteiger partial charge on any atom is -0.462 e. The van der Waals surface area contributed by atoms with E-state index in [0.717, 1.165) is 0 Å². The molecule has 0 spiro atoms. The normalized spacial score (nSPS) is 11.6. The van der Waals surface area contributed by atoms with Gasteiger partial charge in [-0.15, -0.1) is 6.58 Å². The Morgan fingerprint density at radius 1 is 1.35 bits per heavy atom. The van der Waals surface area contributed by atoms with Crippen molar-refractivity contribution in [3.8, 4) is 0 Å². The maximum absolute atomic E-state index is 12.5. The van der Waals surface area contributed by atoms with Crippen LogP contribution in [0.3, 0.4) is 0 Å². The molecule has 1 aromatic rings. The standard InChI is InChI=1S/C18H25NO4/c1-5-8-12-23-14(4)17(20)19(6-2)16-11-9-10-15(13-16)18(21)22-7-3/h5,9-11,13-14H,1,6-8,12H2,2-4H3. The number of anilines is 1. The largest absolute Gasteiger partial charge is 0.462 e. The van der Waals surface area contributed by atoms with Gasteiger partial charge in [0.1, 0.15) is 6.10 Å². The Hall–Kier alpha value is -2.14. The quantitative estimate of drug-likeness (QED) is 0.398. The van der Waals surface area contributed by atoms with Gasteiger partial charge in [0.15, 0.2) is 0 Å². The molecule has 5 heteroatoms. The smallest absolute Gasteiger partial charge is 0.338 e. The first-order valence-electron chi connectivity index (χ1n) is 7.86. The Bertz CT molecular complexity index is 542. The van der Waals surface area contributed by atoms with E-state index in [4.69, 9.17) is 9.47 Å². The topological polar surface area (TPSA) is 55.8 Å². The van der Waals surface area contributed by atoms with Gasteiger partial charge in [-0.2, -0.15) is 0 Å². The minimum absolute atomic E-state index is 0.141. The number of ether oxygens (including phenoxy) is 2. The number of rotatable bonds is 9. The second-order valence-corrected chi connectivity index (χ2v) is 4.94. The van der Waals surface area contributed by atoms with Crippen LogP contribution in [0.25, 0.3) is 0 Å². The van der Waals surface area contributed by atoms with Gasteiger partial charge < -0.3 is 14.4 Å². The average molecular weight is 319 g/mol. The summed E-state index contributed by atoms with van der Waals surface area (Å²) in [5.41, 5.74) is 1.08. The molecule has 0 saturated carbocycles. The monoisotopic (exact) mass is 319 g/mol. The van der Waals surface area contributed by atoms with Gasteiger partial charge in [0.25, 0.3) is 5.91 Å². The second-order valence-electron chi connectivity index (χ2n) is 4.94. The van der Waals surface area contributed by atoms with Crippen molar-refractivity contribution in [2.75, 3.05) is 24.7 Å². The van der Waals surface area contributed by atoms with Gasteiger partial charge in [-0.25, -0.2) is 4.79 Å². The molecule has 0 N–H and O–H groups in total. The molecule has 0 radical (unpaired) electrons. The molecule has 5 nitrogen and oxygen atoms in total. The summed E-state index contributed by atoms with van der Waals surface area (Å²) in [5, 5.41) is 0. The maximum atomic E-state index is 12.5. The summed E-state index contributed by atoms with van der Waals surface area (Å²) in [5.74, 6) is -0.536. The molecule has 126 valence electrons. The third-order valence-corrected chi connectivity index (χ3v) is 3.29. The lowest BCUT2D eigenvalue weighted by Gasteiger charge is -2.25. The number of benzene rings is 1. The lowest BCUT2D eigenvalue weighted by Crippen LogP contribution is -2.39. The molecule has 0 aliphatic rings. The molecule has 1 aromatic carbocycles. The first-order chi connectivity index (χ1) is 11.0. The predicted molar refractivity (Wildman–Crippen MR) is 90.7 cm³/mol. The fraction of sp³-hybridized carbons (Fsp3) is 0.444. The van der Waals surface area contributed by atoms with E-state index in [1.807, 2.05) is 6.92 Å². The summed E-state index contributed by atoms with van der Waals surface area (Å²) >= 11 is 0. The highest BCUT2D eigenvalue weighted by Crippen LogP contribution is 2.18. The number of hydrogen-bond donors (Lipinski definition) is 0. The van der Waals surface area contributed by atoms with E-state index in [1.165, 1.54) is 0 Å². The lowest BCUT2D eigenvalue weighted by atomic mass is 10.1. The van der Waals surface area contributed by atoms with Crippen LogP contribution in [0, 0.1) is 0 Å². The molecule has 1 amide bonds. The molecule has 1 atom stereocenters. The van der Waals surface area contributed by atoms with Gasteiger partial charge in [-0.3, -0.25) is 4.79 Å². The molecule has 0 heterocycles. The third kappa shape index (κ3) is 5.53. The van der Waals surface area contributed by atoms with Crippen molar-refractivity contribution in [2.45, 2.75) is 33.3 Å². The minimum atomic E-state index is -0.554. The van der Waals surface area contributed by atoms with Crippen LogP contribution in [0.15, 0.2) is 36.9 Å². The van der Waals surface area contributed by atoms with Gasteiger partial charge in [0.05, 0.1) is 18.8 Å². The number of nitrogens with zero attached hydrogens (tertiary/aromatic N) is 1. The van der Waals surface area contributed by atoms with E-state index < -0.39 is 12.1 Å². The van der Waals surface area contributed by atoms with E-state index >= 15 is 0 Å². The summed E-state index contributed by atoms with van der Waals surface area (Å²) in [4.78, 5) is 26.0. The van der Waals surface area contributed by atoms with Crippen molar-refractivity contribution in [1.82, 2.24) is 0 Å². The van der Waals surface area contributed by atoms with Crippen molar-refractivity contribution < 1.29 is 19.1 Å². The van der Waals surface area contributed by atoms with Crippen molar-refractivity contribution in [3.05, 3.63) is 42.5 Å². The molecule has 0 aromatic heterocycles. The number of likely N-dealkylation sites (N-methyl/N-ethyl adjacent to an activating group) is 1. The zero-order valence-electron chi connectivity index (χ0n) is 14.1. The summed E-state index contributed by atoms with van der Waals surface area (Å²) < 4.78 is 10.5. The van der Waals surface area contributed by atoms with Crippen molar-refractivity contribution in [2.24, 2.45) is 0 Å². The number of esters is 1. The summed E-state index contributed by atoms with van der Waals surface area (Å²) in [6, 6.07) is 6.86. The van der Waals surface area contributed by atoms with Crippen LogP contribution in [0.4, 0.5) is 5.69 Å². The number of carbonyl (C=O) groups is 2. The third-order valence-electron chi connectivity index (χ3n) is 3.29. The predicted octanol–water partition coefficient (Wildman–Crippen LogP) is 3.20.